The maximum Gasteiger partial charge on any atom is 0.308 e. The maximum absolute atomic E-state index is 13.9. The molecule has 4 nitrogen and oxygen atoms in total. The third kappa shape index (κ3) is 1.99. The van der Waals surface area contributed by atoms with Crippen LogP contribution in [0.15, 0.2) is 0 Å². The normalized spacial score (nSPS) is 54.2. The van der Waals surface area contributed by atoms with E-state index < -0.39 is 5.60 Å². The van der Waals surface area contributed by atoms with E-state index in [0.29, 0.717) is 36.1 Å². The van der Waals surface area contributed by atoms with E-state index in [9.17, 15) is 9.59 Å². The Bertz CT molecular complexity index is 688. The molecule has 2 saturated heterocycles. The molecule has 6 aliphatic rings. The summed E-state index contributed by atoms with van der Waals surface area (Å²) in [5.74, 6) is 1.81. The van der Waals surface area contributed by atoms with Crippen molar-refractivity contribution in [3.63, 3.8) is 0 Å². The molecule has 1 spiro atoms. The van der Waals surface area contributed by atoms with Crippen molar-refractivity contribution in [1.29, 1.82) is 0 Å². The first kappa shape index (κ1) is 18.1. The molecule has 2 heterocycles. The lowest BCUT2D eigenvalue weighted by atomic mass is 9.40. The summed E-state index contributed by atoms with van der Waals surface area (Å²) in [5, 5.41) is 0. The van der Waals surface area contributed by atoms with E-state index >= 15 is 0 Å². The minimum absolute atomic E-state index is 0.0229. The molecule has 9 atom stereocenters. The molecule has 6 rings (SSSR count). The zero-order chi connectivity index (χ0) is 19.2. The second-order valence-electron chi connectivity index (χ2n) is 10.8. The molecule has 6 fully saturated rings. The molecule has 0 radical (unpaired) electrons. The van der Waals surface area contributed by atoms with Crippen LogP contribution >= 0.6 is 0 Å². The molecule has 4 aliphatic carbocycles. The molecule has 0 unspecified atom stereocenters. The standard InChI is InChI=1S/C23H34O4/c1-13(20(25)26-4)16-7-8-17-18-6-5-14-11-15-9-10-22(14,3)23(18,27-15)19(24)12-21(16,17)2/h13-18H,5-12H2,1-4H3/t13-,14-,15-,16+,17-,18-,21-,22+,23+/m1/s1. The summed E-state index contributed by atoms with van der Waals surface area (Å²) in [4.78, 5) is 26.1. The van der Waals surface area contributed by atoms with E-state index in [2.05, 4.69) is 13.8 Å². The Kier molecular flexibility index (Phi) is 3.75. The molecule has 4 heteroatoms. The molecule has 27 heavy (non-hydrogen) atoms. The van der Waals surface area contributed by atoms with Gasteiger partial charge in [-0.25, -0.2) is 0 Å². The smallest absolute Gasteiger partial charge is 0.308 e. The van der Waals surface area contributed by atoms with E-state index in [-0.39, 0.29) is 28.6 Å². The van der Waals surface area contributed by atoms with Crippen molar-refractivity contribution in [2.75, 3.05) is 7.11 Å². The summed E-state index contributed by atoms with van der Waals surface area (Å²) in [7, 11) is 1.48. The average molecular weight is 375 g/mol. The van der Waals surface area contributed by atoms with Gasteiger partial charge < -0.3 is 9.47 Å². The number of ketones is 1. The van der Waals surface area contributed by atoms with E-state index in [4.69, 9.17) is 9.47 Å². The monoisotopic (exact) mass is 374 g/mol. The van der Waals surface area contributed by atoms with Gasteiger partial charge in [-0.1, -0.05) is 20.8 Å². The van der Waals surface area contributed by atoms with Crippen LogP contribution in [-0.2, 0) is 19.1 Å². The number of hydrogen-bond donors (Lipinski definition) is 0. The first-order valence-corrected chi connectivity index (χ1v) is 11.1. The average Bonchev–Trinajstić information content (AvgIpc) is 2.96. The zero-order valence-electron chi connectivity index (χ0n) is 17.3. The minimum Gasteiger partial charge on any atom is -0.469 e. The predicted octanol–water partition coefficient (Wildman–Crippen LogP) is 4.15. The third-order valence-corrected chi connectivity index (χ3v) is 10.1. The van der Waals surface area contributed by atoms with E-state index in [1.165, 1.54) is 13.5 Å². The fraction of sp³-hybridized carbons (Fsp3) is 0.913. The van der Waals surface area contributed by atoms with Crippen LogP contribution in [0, 0.1) is 40.4 Å². The van der Waals surface area contributed by atoms with Crippen LogP contribution < -0.4 is 0 Å². The van der Waals surface area contributed by atoms with Gasteiger partial charge in [0.1, 0.15) is 5.60 Å². The first-order valence-electron chi connectivity index (χ1n) is 11.1. The molecule has 0 aromatic heterocycles. The zero-order valence-corrected chi connectivity index (χ0v) is 17.3. The van der Waals surface area contributed by atoms with Gasteiger partial charge in [-0.2, -0.15) is 0 Å². The molecule has 0 aromatic rings. The molecule has 0 aromatic carbocycles. The van der Waals surface area contributed by atoms with Gasteiger partial charge in [-0.3, -0.25) is 9.59 Å². The Morgan fingerprint density at radius 3 is 2.63 bits per heavy atom. The van der Waals surface area contributed by atoms with Gasteiger partial charge >= 0.3 is 5.97 Å². The number of carbonyl (C=O) groups is 2. The lowest BCUT2D eigenvalue weighted by Gasteiger charge is -2.70. The highest BCUT2D eigenvalue weighted by molar-refractivity contribution is 5.91. The van der Waals surface area contributed by atoms with Crippen molar-refractivity contribution in [1.82, 2.24) is 0 Å². The number of rotatable bonds is 2. The number of Topliss-reactive ketones (excluding diaryl/α,β-unsaturated/α-hetero) is 1. The molecule has 150 valence electrons. The molecule has 2 aliphatic heterocycles. The fourth-order valence-corrected chi connectivity index (χ4v) is 8.83. The Morgan fingerprint density at radius 1 is 1.15 bits per heavy atom. The molecule has 4 saturated carbocycles. The molecule has 0 N–H and O–H groups in total. The Hall–Kier alpha value is -0.900. The Balaban J connectivity index is 1.55. The highest BCUT2D eigenvalue weighted by Gasteiger charge is 2.74. The summed E-state index contributed by atoms with van der Waals surface area (Å²) < 4.78 is 11.8. The van der Waals surface area contributed by atoms with Gasteiger partial charge in [0.15, 0.2) is 5.78 Å². The fourth-order valence-electron chi connectivity index (χ4n) is 8.83. The number of hydrogen-bond acceptors (Lipinski definition) is 4. The molecule has 4 bridgehead atoms. The largest absolute Gasteiger partial charge is 0.469 e. The number of ether oxygens (including phenoxy) is 2. The second kappa shape index (κ2) is 5.58. The van der Waals surface area contributed by atoms with Crippen LogP contribution in [-0.4, -0.2) is 30.6 Å². The highest BCUT2D eigenvalue weighted by atomic mass is 16.5. The molecular weight excluding hydrogens is 340 g/mol. The Morgan fingerprint density at radius 2 is 1.89 bits per heavy atom. The van der Waals surface area contributed by atoms with Crippen LogP contribution in [0.25, 0.3) is 0 Å². The summed E-state index contributed by atoms with van der Waals surface area (Å²) in [6, 6.07) is 0. The summed E-state index contributed by atoms with van der Waals surface area (Å²) in [5.41, 5.74) is -0.608. The molecular formula is C23H34O4. The van der Waals surface area contributed by atoms with Gasteiger partial charge in [0.05, 0.1) is 19.1 Å². The third-order valence-electron chi connectivity index (χ3n) is 10.1. The van der Waals surface area contributed by atoms with Gasteiger partial charge in [-0.05, 0) is 74.0 Å². The van der Waals surface area contributed by atoms with Crippen molar-refractivity contribution in [2.24, 2.45) is 40.4 Å². The topological polar surface area (TPSA) is 52.6 Å². The second-order valence-corrected chi connectivity index (χ2v) is 10.8. The van der Waals surface area contributed by atoms with Crippen molar-refractivity contribution in [2.45, 2.75) is 83.8 Å². The van der Waals surface area contributed by atoms with Crippen LogP contribution in [0.3, 0.4) is 0 Å². The summed E-state index contributed by atoms with van der Waals surface area (Å²) in [6.45, 7) is 6.65. The summed E-state index contributed by atoms with van der Waals surface area (Å²) in [6.07, 6.45) is 8.82. The van der Waals surface area contributed by atoms with Gasteiger partial charge in [0.25, 0.3) is 0 Å². The van der Waals surface area contributed by atoms with Gasteiger partial charge in [-0.15, -0.1) is 0 Å². The van der Waals surface area contributed by atoms with Crippen LogP contribution in [0.2, 0.25) is 0 Å². The summed E-state index contributed by atoms with van der Waals surface area (Å²) >= 11 is 0. The van der Waals surface area contributed by atoms with Gasteiger partial charge in [0.2, 0.25) is 0 Å². The van der Waals surface area contributed by atoms with Crippen molar-refractivity contribution in [3.05, 3.63) is 0 Å². The number of carbonyl (C=O) groups excluding carboxylic acids is 2. The van der Waals surface area contributed by atoms with Crippen LogP contribution in [0.1, 0.15) is 72.1 Å². The van der Waals surface area contributed by atoms with E-state index in [1.54, 1.807) is 0 Å². The number of esters is 1. The van der Waals surface area contributed by atoms with Crippen molar-refractivity contribution < 1.29 is 19.1 Å². The highest BCUT2D eigenvalue weighted by Crippen LogP contribution is 2.72. The van der Waals surface area contributed by atoms with Crippen molar-refractivity contribution >= 4 is 11.8 Å². The minimum atomic E-state index is -0.537. The van der Waals surface area contributed by atoms with Crippen LogP contribution in [0.4, 0.5) is 0 Å². The van der Waals surface area contributed by atoms with Crippen LogP contribution in [0.5, 0.6) is 0 Å². The maximum atomic E-state index is 13.9. The first-order chi connectivity index (χ1) is 12.8. The Labute approximate surface area is 162 Å². The van der Waals surface area contributed by atoms with E-state index in [0.717, 1.165) is 38.5 Å². The number of fused-ring (bicyclic) bond motifs is 3. The predicted molar refractivity (Wildman–Crippen MR) is 101 cm³/mol. The lowest BCUT2D eigenvalue weighted by Crippen LogP contribution is -2.75. The van der Waals surface area contributed by atoms with E-state index in [1.807, 2.05) is 6.92 Å². The SMILES string of the molecule is COC(=O)[C@H](C)[C@@H]1CC[C@@H]2[C@H]3CC[C@@H]4C[C@H]5CC[C@]4(C)[C@@]3(O5)C(=O)C[C@@]21C. The van der Waals surface area contributed by atoms with Crippen molar-refractivity contribution in [3.8, 4) is 0 Å². The lowest BCUT2D eigenvalue weighted by molar-refractivity contribution is -0.307. The van der Waals surface area contributed by atoms with Gasteiger partial charge in [0, 0.05) is 11.8 Å². The molecule has 0 amide bonds. The number of methoxy groups -OCH3 is 1. The quantitative estimate of drug-likeness (QED) is 0.681.